The molecular weight excluding hydrogens is 176 g/mol. The molecule has 0 aliphatic carbocycles. The highest BCUT2D eigenvalue weighted by Gasteiger charge is 2.23. The Labute approximate surface area is 86.8 Å². The number of nitrogens with zero attached hydrogens (tertiary/aromatic N) is 1. The summed E-state index contributed by atoms with van der Waals surface area (Å²) < 4.78 is 5.66. The monoisotopic (exact) mass is 198 g/mol. The molecule has 0 aromatic rings. The number of ether oxygens (including phenoxy) is 1. The van der Waals surface area contributed by atoms with Crippen molar-refractivity contribution >= 4 is 0 Å². The largest absolute Gasteiger partial charge is 0.376 e. The standard InChI is InChI=1S/C11H22N2O/c1-2-11-9-13(5-6-14-11)8-10-3-4-12-7-10/h10-12H,2-9H2,1H3. The summed E-state index contributed by atoms with van der Waals surface area (Å²) >= 11 is 0. The summed E-state index contributed by atoms with van der Waals surface area (Å²) in [4.78, 5) is 2.58. The van der Waals surface area contributed by atoms with E-state index in [0.717, 1.165) is 32.0 Å². The topological polar surface area (TPSA) is 24.5 Å². The van der Waals surface area contributed by atoms with Crippen molar-refractivity contribution < 1.29 is 4.74 Å². The van der Waals surface area contributed by atoms with Crippen LogP contribution in [0.25, 0.3) is 0 Å². The molecular formula is C11H22N2O. The number of rotatable bonds is 3. The Hall–Kier alpha value is -0.120. The first-order valence-corrected chi connectivity index (χ1v) is 5.93. The van der Waals surface area contributed by atoms with Gasteiger partial charge in [-0.25, -0.2) is 0 Å². The van der Waals surface area contributed by atoms with Gasteiger partial charge in [-0.15, -0.1) is 0 Å². The lowest BCUT2D eigenvalue weighted by atomic mass is 10.1. The first-order chi connectivity index (χ1) is 6.88. The van der Waals surface area contributed by atoms with Crippen LogP contribution < -0.4 is 5.32 Å². The van der Waals surface area contributed by atoms with Gasteiger partial charge in [-0.1, -0.05) is 6.92 Å². The van der Waals surface area contributed by atoms with Crippen molar-refractivity contribution in [2.24, 2.45) is 5.92 Å². The highest BCUT2D eigenvalue weighted by atomic mass is 16.5. The van der Waals surface area contributed by atoms with Gasteiger partial charge in [-0.05, 0) is 31.8 Å². The van der Waals surface area contributed by atoms with Crippen LogP contribution in [0, 0.1) is 5.92 Å². The molecule has 0 bridgehead atoms. The third-order valence-electron chi connectivity index (χ3n) is 3.36. The number of morpholine rings is 1. The molecule has 0 saturated carbocycles. The van der Waals surface area contributed by atoms with E-state index in [1.54, 1.807) is 0 Å². The minimum atomic E-state index is 0.484. The van der Waals surface area contributed by atoms with Crippen molar-refractivity contribution in [1.82, 2.24) is 10.2 Å². The van der Waals surface area contributed by atoms with Crippen LogP contribution in [0.4, 0.5) is 0 Å². The maximum atomic E-state index is 5.66. The van der Waals surface area contributed by atoms with Gasteiger partial charge in [0.25, 0.3) is 0 Å². The van der Waals surface area contributed by atoms with Crippen LogP contribution in [0.2, 0.25) is 0 Å². The van der Waals surface area contributed by atoms with Gasteiger partial charge < -0.3 is 10.1 Å². The van der Waals surface area contributed by atoms with E-state index in [1.165, 1.54) is 26.1 Å². The molecule has 14 heavy (non-hydrogen) atoms. The second-order valence-corrected chi connectivity index (χ2v) is 4.52. The molecule has 0 radical (unpaired) electrons. The van der Waals surface area contributed by atoms with E-state index < -0.39 is 0 Å². The Bertz CT molecular complexity index is 169. The molecule has 2 saturated heterocycles. The molecule has 2 heterocycles. The van der Waals surface area contributed by atoms with Crippen molar-refractivity contribution in [3.05, 3.63) is 0 Å². The van der Waals surface area contributed by atoms with Crippen molar-refractivity contribution in [2.75, 3.05) is 39.3 Å². The van der Waals surface area contributed by atoms with E-state index in [9.17, 15) is 0 Å². The number of nitrogens with one attached hydrogen (secondary N) is 1. The van der Waals surface area contributed by atoms with Crippen LogP contribution in [0.15, 0.2) is 0 Å². The molecule has 2 aliphatic heterocycles. The summed E-state index contributed by atoms with van der Waals surface area (Å²) in [6.07, 6.45) is 2.99. The van der Waals surface area contributed by atoms with Gasteiger partial charge in [0, 0.05) is 19.6 Å². The molecule has 2 atom stereocenters. The van der Waals surface area contributed by atoms with E-state index in [-0.39, 0.29) is 0 Å². The molecule has 2 aliphatic rings. The first kappa shape index (κ1) is 10.4. The van der Waals surface area contributed by atoms with Gasteiger partial charge in [0.15, 0.2) is 0 Å². The number of hydrogen-bond acceptors (Lipinski definition) is 3. The summed E-state index contributed by atoms with van der Waals surface area (Å²) in [5.41, 5.74) is 0. The summed E-state index contributed by atoms with van der Waals surface area (Å²) in [5, 5.41) is 3.43. The SMILES string of the molecule is CCC1CN(CC2CCNC2)CCO1. The second-order valence-electron chi connectivity index (χ2n) is 4.52. The Morgan fingerprint density at radius 3 is 3.14 bits per heavy atom. The predicted octanol–water partition coefficient (Wildman–Crippen LogP) is 0.707. The van der Waals surface area contributed by atoms with Crippen LogP contribution in [-0.2, 0) is 4.74 Å². The van der Waals surface area contributed by atoms with Crippen LogP contribution in [0.5, 0.6) is 0 Å². The van der Waals surface area contributed by atoms with Gasteiger partial charge in [-0.3, -0.25) is 4.90 Å². The zero-order valence-corrected chi connectivity index (χ0v) is 9.17. The normalized spacial score (nSPS) is 34.9. The van der Waals surface area contributed by atoms with E-state index in [1.807, 2.05) is 0 Å². The lowest BCUT2D eigenvalue weighted by Gasteiger charge is -2.33. The Morgan fingerprint density at radius 1 is 1.50 bits per heavy atom. The average Bonchev–Trinajstić information content (AvgIpc) is 2.71. The summed E-state index contributed by atoms with van der Waals surface area (Å²) in [5.74, 6) is 0.880. The van der Waals surface area contributed by atoms with E-state index in [2.05, 4.69) is 17.1 Å². The van der Waals surface area contributed by atoms with Gasteiger partial charge in [0.2, 0.25) is 0 Å². The summed E-state index contributed by atoms with van der Waals surface area (Å²) in [6, 6.07) is 0. The molecule has 3 heteroatoms. The highest BCUT2D eigenvalue weighted by Crippen LogP contribution is 2.14. The van der Waals surface area contributed by atoms with E-state index in [4.69, 9.17) is 4.74 Å². The van der Waals surface area contributed by atoms with Gasteiger partial charge >= 0.3 is 0 Å². The van der Waals surface area contributed by atoms with Gasteiger partial charge in [-0.2, -0.15) is 0 Å². The first-order valence-electron chi connectivity index (χ1n) is 5.93. The maximum Gasteiger partial charge on any atom is 0.0700 e. The molecule has 0 spiro atoms. The molecule has 2 rings (SSSR count). The van der Waals surface area contributed by atoms with E-state index in [0.29, 0.717) is 6.10 Å². The van der Waals surface area contributed by atoms with Gasteiger partial charge in [0.1, 0.15) is 0 Å². The Morgan fingerprint density at radius 2 is 2.43 bits per heavy atom. The average molecular weight is 198 g/mol. The molecule has 0 aromatic heterocycles. The third kappa shape index (κ3) is 2.69. The van der Waals surface area contributed by atoms with Gasteiger partial charge in [0.05, 0.1) is 12.7 Å². The summed E-state index contributed by atoms with van der Waals surface area (Å²) in [7, 11) is 0. The fourth-order valence-electron chi connectivity index (χ4n) is 2.43. The minimum absolute atomic E-state index is 0.484. The fraction of sp³-hybridized carbons (Fsp3) is 1.00. The number of hydrogen-bond donors (Lipinski definition) is 1. The Balaban J connectivity index is 1.73. The van der Waals surface area contributed by atoms with E-state index >= 15 is 0 Å². The van der Waals surface area contributed by atoms with Crippen LogP contribution in [-0.4, -0.2) is 50.3 Å². The van der Waals surface area contributed by atoms with Crippen molar-refractivity contribution in [2.45, 2.75) is 25.9 Å². The summed E-state index contributed by atoms with van der Waals surface area (Å²) in [6.45, 7) is 9.12. The van der Waals surface area contributed by atoms with Crippen LogP contribution in [0.3, 0.4) is 0 Å². The lowest BCUT2D eigenvalue weighted by Crippen LogP contribution is -2.44. The van der Waals surface area contributed by atoms with Crippen LogP contribution >= 0.6 is 0 Å². The van der Waals surface area contributed by atoms with Crippen molar-refractivity contribution in [3.8, 4) is 0 Å². The molecule has 0 amide bonds. The Kier molecular flexibility index (Phi) is 3.79. The molecule has 82 valence electrons. The molecule has 1 N–H and O–H groups in total. The molecule has 0 aromatic carbocycles. The zero-order valence-electron chi connectivity index (χ0n) is 9.17. The minimum Gasteiger partial charge on any atom is -0.376 e. The highest BCUT2D eigenvalue weighted by molar-refractivity contribution is 4.78. The third-order valence-corrected chi connectivity index (χ3v) is 3.36. The fourth-order valence-corrected chi connectivity index (χ4v) is 2.43. The quantitative estimate of drug-likeness (QED) is 0.723. The van der Waals surface area contributed by atoms with Crippen molar-refractivity contribution in [1.29, 1.82) is 0 Å². The van der Waals surface area contributed by atoms with Crippen molar-refractivity contribution in [3.63, 3.8) is 0 Å². The predicted molar refractivity (Wildman–Crippen MR) is 57.4 cm³/mol. The molecule has 2 fully saturated rings. The smallest absolute Gasteiger partial charge is 0.0700 e. The molecule has 2 unspecified atom stereocenters. The lowest BCUT2D eigenvalue weighted by molar-refractivity contribution is -0.0333. The van der Waals surface area contributed by atoms with Crippen LogP contribution in [0.1, 0.15) is 19.8 Å². The maximum absolute atomic E-state index is 5.66. The second kappa shape index (κ2) is 5.10. The molecule has 3 nitrogen and oxygen atoms in total. The zero-order chi connectivity index (χ0) is 9.80.